The average molecular weight is 402 g/mol. The number of quaternary nitrogens is 1. The topological polar surface area (TPSA) is 36.4 Å². The zero-order valence-electron chi connectivity index (χ0n) is 17.1. The molecule has 1 fully saturated rings. The Hall–Kier alpha value is -3.18. The minimum absolute atomic E-state index is 0.140. The van der Waals surface area contributed by atoms with Crippen molar-refractivity contribution in [1.29, 1.82) is 0 Å². The predicted molar refractivity (Wildman–Crippen MR) is 118 cm³/mol. The lowest BCUT2D eigenvalue weighted by Crippen LogP contribution is -3.15. The number of benzene rings is 2. The number of fused-ring (bicyclic) bond motifs is 1. The highest BCUT2D eigenvalue weighted by Gasteiger charge is 2.33. The number of piperazine rings is 1. The van der Waals surface area contributed by atoms with Crippen LogP contribution in [0.5, 0.6) is 0 Å². The Balaban J connectivity index is 1.50. The highest BCUT2D eigenvalue weighted by molar-refractivity contribution is 5.85. The molecule has 0 saturated carbocycles. The van der Waals surface area contributed by atoms with Crippen molar-refractivity contribution >= 4 is 16.6 Å². The first-order chi connectivity index (χ1) is 14.7. The number of nitrogens with one attached hydrogen (secondary N) is 2. The molecule has 2 aromatic heterocycles. The zero-order chi connectivity index (χ0) is 20.5. The molecule has 2 N–H and O–H groups in total. The van der Waals surface area contributed by atoms with Crippen molar-refractivity contribution in [3.63, 3.8) is 0 Å². The molecule has 0 bridgehead atoms. The standard InChI is InChI=1S/C25H25FN4/c1-18-24(20-6-2-4-8-22(20)28-18)25(19-10-12-27-13-11-19)30-16-14-29(15-17-30)23-9-5-3-7-21(23)26/h2-13,25,28H,14-17H2,1H3/p+1/t25-/m1/s1. The van der Waals surface area contributed by atoms with E-state index in [-0.39, 0.29) is 11.9 Å². The van der Waals surface area contributed by atoms with E-state index in [2.05, 4.69) is 58.2 Å². The summed E-state index contributed by atoms with van der Waals surface area (Å²) in [7, 11) is 0. The number of aryl methyl sites for hydroxylation is 1. The summed E-state index contributed by atoms with van der Waals surface area (Å²) in [5, 5.41) is 1.28. The highest BCUT2D eigenvalue weighted by atomic mass is 19.1. The van der Waals surface area contributed by atoms with Gasteiger partial charge in [0.25, 0.3) is 0 Å². The monoisotopic (exact) mass is 401 g/mol. The molecule has 152 valence electrons. The minimum Gasteiger partial charge on any atom is -0.358 e. The number of para-hydroxylation sites is 2. The Morgan fingerprint density at radius 1 is 0.967 bits per heavy atom. The molecule has 4 nitrogen and oxygen atoms in total. The largest absolute Gasteiger partial charge is 0.358 e. The fourth-order valence-electron chi connectivity index (χ4n) is 4.86. The van der Waals surface area contributed by atoms with Gasteiger partial charge in [-0.05, 0) is 37.3 Å². The summed E-state index contributed by atoms with van der Waals surface area (Å²) in [6.45, 7) is 5.72. The second-order valence-corrected chi connectivity index (χ2v) is 8.02. The molecule has 4 aromatic rings. The van der Waals surface area contributed by atoms with Gasteiger partial charge in [0.2, 0.25) is 0 Å². The van der Waals surface area contributed by atoms with Gasteiger partial charge in [-0.1, -0.05) is 30.3 Å². The molecule has 0 unspecified atom stereocenters. The fraction of sp³-hybridized carbons (Fsp3) is 0.240. The van der Waals surface area contributed by atoms with Crippen molar-refractivity contribution in [2.75, 3.05) is 31.1 Å². The van der Waals surface area contributed by atoms with Gasteiger partial charge < -0.3 is 14.8 Å². The Bertz CT molecular complexity index is 1150. The molecular formula is C25H26FN4+. The van der Waals surface area contributed by atoms with Crippen molar-refractivity contribution in [2.24, 2.45) is 0 Å². The first-order valence-electron chi connectivity index (χ1n) is 10.5. The number of aromatic amines is 1. The number of halogens is 1. The normalized spacial score (nSPS) is 16.1. The third-order valence-electron chi connectivity index (χ3n) is 6.28. The van der Waals surface area contributed by atoms with Gasteiger partial charge >= 0.3 is 0 Å². The summed E-state index contributed by atoms with van der Waals surface area (Å²) in [4.78, 5) is 11.5. The number of aromatic nitrogens is 2. The van der Waals surface area contributed by atoms with Crippen LogP contribution in [0.25, 0.3) is 10.9 Å². The first kappa shape index (κ1) is 18.8. The van der Waals surface area contributed by atoms with Crippen LogP contribution in [0.2, 0.25) is 0 Å². The number of hydrogen-bond acceptors (Lipinski definition) is 2. The Labute approximate surface area is 176 Å². The Kier molecular flexibility index (Phi) is 4.97. The van der Waals surface area contributed by atoms with Crippen LogP contribution in [0.15, 0.2) is 73.1 Å². The summed E-state index contributed by atoms with van der Waals surface area (Å²) in [5.74, 6) is -0.140. The average Bonchev–Trinajstić information content (AvgIpc) is 3.11. The molecule has 1 atom stereocenters. The van der Waals surface area contributed by atoms with Gasteiger partial charge in [-0.3, -0.25) is 4.98 Å². The second-order valence-electron chi connectivity index (χ2n) is 8.02. The number of rotatable bonds is 4. The number of nitrogens with zero attached hydrogens (tertiary/aromatic N) is 2. The van der Waals surface area contributed by atoms with Crippen molar-refractivity contribution in [3.8, 4) is 0 Å². The van der Waals surface area contributed by atoms with E-state index in [4.69, 9.17) is 0 Å². The van der Waals surface area contributed by atoms with Gasteiger partial charge in [0.05, 0.1) is 31.9 Å². The van der Waals surface area contributed by atoms with E-state index in [1.807, 2.05) is 24.5 Å². The lowest BCUT2D eigenvalue weighted by atomic mass is 9.94. The molecule has 1 saturated heterocycles. The smallest absolute Gasteiger partial charge is 0.146 e. The van der Waals surface area contributed by atoms with Crippen LogP contribution >= 0.6 is 0 Å². The zero-order valence-corrected chi connectivity index (χ0v) is 17.1. The first-order valence-corrected chi connectivity index (χ1v) is 10.5. The van der Waals surface area contributed by atoms with E-state index < -0.39 is 0 Å². The molecule has 3 heterocycles. The molecule has 0 aliphatic carbocycles. The SMILES string of the molecule is Cc1[nH]c2ccccc2c1[C@@H](c1ccncc1)[NH+]1CCN(c2ccccc2F)CC1. The van der Waals surface area contributed by atoms with Crippen LogP contribution in [-0.2, 0) is 0 Å². The maximum absolute atomic E-state index is 14.3. The Morgan fingerprint density at radius 2 is 1.67 bits per heavy atom. The molecule has 0 amide bonds. The van der Waals surface area contributed by atoms with E-state index in [0.717, 1.165) is 26.2 Å². The molecule has 2 aromatic carbocycles. The quantitative estimate of drug-likeness (QED) is 0.549. The highest BCUT2D eigenvalue weighted by Crippen LogP contribution is 2.30. The van der Waals surface area contributed by atoms with Gasteiger partial charge in [-0.2, -0.15) is 0 Å². The van der Waals surface area contributed by atoms with Gasteiger partial charge in [0.15, 0.2) is 0 Å². The number of H-pyrrole nitrogens is 1. The number of hydrogen-bond donors (Lipinski definition) is 2. The molecule has 5 rings (SSSR count). The number of anilines is 1. The molecule has 0 radical (unpaired) electrons. The molecule has 0 spiro atoms. The van der Waals surface area contributed by atoms with Crippen LogP contribution in [0, 0.1) is 12.7 Å². The van der Waals surface area contributed by atoms with Gasteiger partial charge in [-0.25, -0.2) is 4.39 Å². The number of pyridine rings is 1. The Morgan fingerprint density at radius 3 is 2.43 bits per heavy atom. The minimum atomic E-state index is -0.140. The fourth-order valence-corrected chi connectivity index (χ4v) is 4.86. The van der Waals surface area contributed by atoms with Gasteiger partial charge in [0, 0.05) is 40.1 Å². The van der Waals surface area contributed by atoms with E-state index in [1.165, 1.54) is 32.6 Å². The van der Waals surface area contributed by atoms with Crippen LogP contribution < -0.4 is 9.80 Å². The maximum atomic E-state index is 14.3. The molecular weight excluding hydrogens is 375 g/mol. The lowest BCUT2D eigenvalue weighted by Gasteiger charge is -2.38. The van der Waals surface area contributed by atoms with E-state index in [9.17, 15) is 4.39 Å². The van der Waals surface area contributed by atoms with Gasteiger partial charge in [-0.15, -0.1) is 0 Å². The second kappa shape index (κ2) is 7.92. The summed E-state index contributed by atoms with van der Waals surface area (Å²) in [6.07, 6.45) is 3.75. The predicted octanol–water partition coefficient (Wildman–Crippen LogP) is 3.50. The van der Waals surface area contributed by atoms with Crippen LogP contribution in [0.4, 0.5) is 10.1 Å². The van der Waals surface area contributed by atoms with Crippen LogP contribution in [0.1, 0.15) is 22.9 Å². The van der Waals surface area contributed by atoms with E-state index >= 15 is 0 Å². The maximum Gasteiger partial charge on any atom is 0.146 e. The van der Waals surface area contributed by atoms with Crippen LogP contribution in [0.3, 0.4) is 0 Å². The summed E-state index contributed by atoms with van der Waals surface area (Å²) >= 11 is 0. The third kappa shape index (κ3) is 3.35. The molecule has 30 heavy (non-hydrogen) atoms. The molecule has 1 aliphatic heterocycles. The van der Waals surface area contributed by atoms with Crippen molar-refractivity contribution in [3.05, 3.63) is 95.7 Å². The van der Waals surface area contributed by atoms with E-state index in [1.54, 1.807) is 12.1 Å². The van der Waals surface area contributed by atoms with Crippen LogP contribution in [-0.4, -0.2) is 36.1 Å². The summed E-state index contributed by atoms with van der Waals surface area (Å²) in [5.41, 5.74) is 5.72. The molecule has 5 heteroatoms. The lowest BCUT2D eigenvalue weighted by molar-refractivity contribution is -0.926. The summed E-state index contributed by atoms with van der Waals surface area (Å²) < 4.78 is 14.3. The van der Waals surface area contributed by atoms with Crippen molar-refractivity contribution in [1.82, 2.24) is 9.97 Å². The van der Waals surface area contributed by atoms with Gasteiger partial charge in [0.1, 0.15) is 11.9 Å². The van der Waals surface area contributed by atoms with Crippen molar-refractivity contribution < 1.29 is 9.29 Å². The van der Waals surface area contributed by atoms with E-state index in [0.29, 0.717) is 5.69 Å². The van der Waals surface area contributed by atoms with Crippen molar-refractivity contribution in [2.45, 2.75) is 13.0 Å². The summed E-state index contributed by atoms with van der Waals surface area (Å²) in [6, 6.07) is 20.1. The molecule has 1 aliphatic rings. The third-order valence-corrected chi connectivity index (χ3v) is 6.28.